The van der Waals surface area contributed by atoms with Crippen LogP contribution in [0.2, 0.25) is 0 Å². The summed E-state index contributed by atoms with van der Waals surface area (Å²) in [5.74, 6) is 2.21. The molecular weight excluding hydrogens is 369 g/mol. The van der Waals surface area contributed by atoms with Crippen LogP contribution >= 0.6 is 11.8 Å². The number of guanidine groups is 1. The highest BCUT2D eigenvalue weighted by Gasteiger charge is 2.25. The molecule has 0 saturated heterocycles. The molecule has 0 spiro atoms. The first-order valence-electron chi connectivity index (χ1n) is 9.42. The van der Waals surface area contributed by atoms with E-state index in [4.69, 9.17) is 0 Å². The predicted octanol–water partition coefficient (Wildman–Crippen LogP) is 3.55. The summed E-state index contributed by atoms with van der Waals surface area (Å²) in [5.41, 5.74) is 0. The van der Waals surface area contributed by atoms with E-state index in [2.05, 4.69) is 22.5 Å². The third kappa shape index (κ3) is 7.27. The monoisotopic (exact) mass is 399 g/mol. The van der Waals surface area contributed by atoms with Crippen LogP contribution in [-0.2, 0) is 10.8 Å². The van der Waals surface area contributed by atoms with Gasteiger partial charge in [-0.25, -0.2) is 4.39 Å². The number of thioether (sulfide) groups is 1. The lowest BCUT2D eigenvalue weighted by Gasteiger charge is -2.30. The zero-order valence-corrected chi connectivity index (χ0v) is 17.3. The molecule has 0 aromatic heterocycles. The molecule has 0 radical (unpaired) electrons. The average molecular weight is 400 g/mol. The Morgan fingerprint density at radius 1 is 1.31 bits per heavy atom. The molecule has 1 saturated carbocycles. The number of hydrogen-bond acceptors (Lipinski definition) is 3. The van der Waals surface area contributed by atoms with Gasteiger partial charge in [0.15, 0.2) is 5.96 Å². The zero-order valence-electron chi connectivity index (χ0n) is 15.7. The van der Waals surface area contributed by atoms with Gasteiger partial charge in [0.2, 0.25) is 0 Å². The standard InChI is InChI=1S/C19H30FN3OS2/c1-3-21-19(22-12-13-25-17-10-8-15(20)9-11-17)23-16-6-5-7-18(14-16)26(24)4-2/h8-11,16,18H,3-7,12-14H2,1-2H3,(H2,21,22,23). The van der Waals surface area contributed by atoms with Gasteiger partial charge in [-0.2, -0.15) is 0 Å². The van der Waals surface area contributed by atoms with Gasteiger partial charge in [0, 0.05) is 45.0 Å². The molecule has 2 N–H and O–H groups in total. The Morgan fingerprint density at radius 3 is 2.77 bits per heavy atom. The Kier molecular flexibility index (Phi) is 9.46. The first-order valence-corrected chi connectivity index (χ1v) is 11.8. The van der Waals surface area contributed by atoms with Gasteiger partial charge in [0.25, 0.3) is 0 Å². The van der Waals surface area contributed by atoms with Crippen LogP contribution in [0, 0.1) is 5.82 Å². The topological polar surface area (TPSA) is 53.5 Å². The molecule has 1 aromatic carbocycles. The Morgan fingerprint density at radius 2 is 2.08 bits per heavy atom. The quantitative estimate of drug-likeness (QED) is 0.304. The Labute approximate surface area is 163 Å². The number of aliphatic imine (C=N–C) groups is 1. The molecule has 3 atom stereocenters. The number of halogens is 1. The Balaban J connectivity index is 1.81. The lowest BCUT2D eigenvalue weighted by molar-refractivity contribution is 0.413. The second-order valence-corrected chi connectivity index (χ2v) is 9.54. The maximum Gasteiger partial charge on any atom is 0.191 e. The molecule has 0 bridgehead atoms. The molecule has 3 unspecified atom stereocenters. The number of nitrogens with one attached hydrogen (secondary N) is 2. The smallest absolute Gasteiger partial charge is 0.191 e. The fourth-order valence-electron chi connectivity index (χ4n) is 3.12. The minimum absolute atomic E-state index is 0.208. The van der Waals surface area contributed by atoms with Crippen LogP contribution in [-0.4, -0.2) is 46.1 Å². The van der Waals surface area contributed by atoms with Crippen LogP contribution in [0.15, 0.2) is 34.2 Å². The van der Waals surface area contributed by atoms with Crippen LogP contribution < -0.4 is 10.6 Å². The fourth-order valence-corrected chi connectivity index (χ4v) is 5.21. The number of nitrogens with zero attached hydrogens (tertiary/aromatic N) is 1. The summed E-state index contributed by atoms with van der Waals surface area (Å²) in [6.45, 7) is 5.56. The van der Waals surface area contributed by atoms with Crippen LogP contribution in [0.3, 0.4) is 0 Å². The summed E-state index contributed by atoms with van der Waals surface area (Å²) >= 11 is 1.67. The summed E-state index contributed by atoms with van der Waals surface area (Å²) in [6, 6.07) is 6.90. The summed E-state index contributed by atoms with van der Waals surface area (Å²) in [6.07, 6.45) is 4.25. The van der Waals surface area contributed by atoms with E-state index in [9.17, 15) is 8.60 Å². The number of hydrogen-bond donors (Lipinski definition) is 2. The summed E-state index contributed by atoms with van der Waals surface area (Å²) < 4.78 is 25.0. The first kappa shape index (κ1) is 21.2. The average Bonchev–Trinajstić information content (AvgIpc) is 2.66. The van der Waals surface area contributed by atoms with Gasteiger partial charge in [-0.1, -0.05) is 13.3 Å². The van der Waals surface area contributed by atoms with Crippen molar-refractivity contribution >= 4 is 28.5 Å². The van der Waals surface area contributed by atoms with E-state index in [0.29, 0.717) is 17.8 Å². The molecule has 0 heterocycles. The summed E-state index contributed by atoms with van der Waals surface area (Å²) in [5, 5.41) is 7.12. The SMILES string of the molecule is CCNC(=NCCSc1ccc(F)cc1)NC1CCCC(S(=O)CC)C1. The summed E-state index contributed by atoms with van der Waals surface area (Å²) in [4.78, 5) is 5.71. The maximum atomic E-state index is 12.9. The van der Waals surface area contributed by atoms with Crippen molar-refractivity contribution in [2.75, 3.05) is 24.6 Å². The van der Waals surface area contributed by atoms with Gasteiger partial charge in [-0.05, 0) is 50.5 Å². The predicted molar refractivity (Wildman–Crippen MR) is 111 cm³/mol. The lowest BCUT2D eigenvalue weighted by Crippen LogP contribution is -2.46. The molecule has 2 rings (SSSR count). The zero-order chi connectivity index (χ0) is 18.8. The van der Waals surface area contributed by atoms with Crippen molar-refractivity contribution in [1.82, 2.24) is 10.6 Å². The highest BCUT2D eigenvalue weighted by atomic mass is 32.2. The molecule has 0 aliphatic heterocycles. The van der Waals surface area contributed by atoms with Crippen molar-refractivity contribution in [3.8, 4) is 0 Å². The van der Waals surface area contributed by atoms with Gasteiger partial charge in [0.05, 0.1) is 6.54 Å². The van der Waals surface area contributed by atoms with E-state index < -0.39 is 10.8 Å². The van der Waals surface area contributed by atoms with Crippen LogP contribution in [0.25, 0.3) is 0 Å². The van der Waals surface area contributed by atoms with Crippen molar-refractivity contribution in [3.05, 3.63) is 30.1 Å². The van der Waals surface area contributed by atoms with Gasteiger partial charge in [-0.3, -0.25) is 9.20 Å². The van der Waals surface area contributed by atoms with Crippen molar-refractivity contribution in [2.45, 2.75) is 55.7 Å². The third-order valence-corrected chi connectivity index (χ3v) is 7.14. The molecule has 146 valence electrons. The van der Waals surface area contributed by atoms with E-state index in [1.54, 1.807) is 23.9 Å². The molecular formula is C19H30FN3OS2. The highest BCUT2D eigenvalue weighted by molar-refractivity contribution is 7.99. The van der Waals surface area contributed by atoms with Crippen LogP contribution in [0.5, 0.6) is 0 Å². The number of benzene rings is 1. The van der Waals surface area contributed by atoms with Crippen molar-refractivity contribution in [2.24, 2.45) is 4.99 Å². The van der Waals surface area contributed by atoms with Crippen LogP contribution in [0.1, 0.15) is 39.5 Å². The lowest BCUT2D eigenvalue weighted by atomic mass is 9.95. The second-order valence-electron chi connectivity index (χ2n) is 6.36. The third-order valence-electron chi connectivity index (χ3n) is 4.41. The van der Waals surface area contributed by atoms with Crippen molar-refractivity contribution < 1.29 is 8.60 Å². The van der Waals surface area contributed by atoms with Gasteiger partial charge in [0.1, 0.15) is 5.82 Å². The molecule has 1 aliphatic carbocycles. The molecule has 4 nitrogen and oxygen atoms in total. The summed E-state index contributed by atoms with van der Waals surface area (Å²) in [7, 11) is -0.713. The normalized spacial score (nSPS) is 22.0. The van der Waals surface area contributed by atoms with Gasteiger partial charge in [-0.15, -0.1) is 11.8 Å². The maximum absolute atomic E-state index is 12.9. The van der Waals surface area contributed by atoms with E-state index in [-0.39, 0.29) is 5.82 Å². The van der Waals surface area contributed by atoms with Crippen LogP contribution in [0.4, 0.5) is 4.39 Å². The molecule has 7 heteroatoms. The minimum Gasteiger partial charge on any atom is -0.357 e. The second kappa shape index (κ2) is 11.6. The van der Waals surface area contributed by atoms with E-state index >= 15 is 0 Å². The Bertz CT molecular complexity index is 595. The van der Waals surface area contributed by atoms with E-state index in [1.807, 2.05) is 6.92 Å². The van der Waals surface area contributed by atoms with E-state index in [1.165, 1.54) is 12.1 Å². The van der Waals surface area contributed by atoms with Crippen molar-refractivity contribution in [1.29, 1.82) is 0 Å². The Hall–Kier alpha value is -1.08. The van der Waals surface area contributed by atoms with Crippen molar-refractivity contribution in [3.63, 3.8) is 0 Å². The minimum atomic E-state index is -0.713. The molecule has 1 fully saturated rings. The van der Waals surface area contributed by atoms with E-state index in [0.717, 1.165) is 54.6 Å². The number of rotatable bonds is 8. The largest absolute Gasteiger partial charge is 0.357 e. The van der Waals surface area contributed by atoms with Gasteiger partial charge >= 0.3 is 0 Å². The first-order chi connectivity index (χ1) is 12.6. The fraction of sp³-hybridized carbons (Fsp3) is 0.632. The molecule has 26 heavy (non-hydrogen) atoms. The van der Waals surface area contributed by atoms with Gasteiger partial charge < -0.3 is 10.6 Å². The molecule has 1 aromatic rings. The molecule has 0 amide bonds. The highest BCUT2D eigenvalue weighted by Crippen LogP contribution is 2.23. The molecule has 1 aliphatic rings.